The summed E-state index contributed by atoms with van der Waals surface area (Å²) in [6, 6.07) is 10.4. The van der Waals surface area contributed by atoms with Crippen LogP contribution in [0.25, 0.3) is 10.8 Å². The molecule has 0 unspecified atom stereocenters. The number of hydrogen-bond donors (Lipinski definition) is 5. The van der Waals surface area contributed by atoms with E-state index in [1.54, 1.807) is 17.0 Å². The second-order valence-corrected chi connectivity index (χ2v) is 11.3. The van der Waals surface area contributed by atoms with Crippen molar-refractivity contribution in [3.05, 3.63) is 42.5 Å². The summed E-state index contributed by atoms with van der Waals surface area (Å²) >= 11 is 0. The van der Waals surface area contributed by atoms with Gasteiger partial charge >= 0.3 is 0 Å². The average Bonchev–Trinajstić information content (AvgIpc) is 3.38. The molecular weight excluding hydrogens is 496 g/mol. The van der Waals surface area contributed by atoms with Crippen molar-refractivity contribution in [2.75, 3.05) is 32.8 Å². The van der Waals surface area contributed by atoms with Gasteiger partial charge in [-0.15, -0.1) is 0 Å². The Hall–Kier alpha value is -3.22. The zero-order valence-corrected chi connectivity index (χ0v) is 21.4. The van der Waals surface area contributed by atoms with Gasteiger partial charge in [0.05, 0.1) is 17.4 Å². The Morgan fingerprint density at radius 1 is 1.11 bits per heavy atom. The predicted octanol–water partition coefficient (Wildman–Crippen LogP) is 0.192. The molecule has 12 heteroatoms. The number of aliphatic hydroxyl groups is 1. The molecule has 11 nitrogen and oxygen atoms in total. The quantitative estimate of drug-likeness (QED) is 0.240. The van der Waals surface area contributed by atoms with Crippen molar-refractivity contribution in [1.29, 1.82) is 5.41 Å². The number of sulfonamides is 1. The third-order valence-corrected chi connectivity index (χ3v) is 8.58. The van der Waals surface area contributed by atoms with E-state index in [9.17, 15) is 23.1 Å². The number of piperidine rings is 1. The van der Waals surface area contributed by atoms with Crippen molar-refractivity contribution in [1.82, 2.24) is 19.8 Å². The molecule has 0 aliphatic carbocycles. The largest absolute Gasteiger partial charge is 0.394 e. The first-order valence-corrected chi connectivity index (χ1v) is 14.0. The maximum absolute atomic E-state index is 13.3. The summed E-state index contributed by atoms with van der Waals surface area (Å²) in [5.74, 6) is -1.02. The molecule has 6 N–H and O–H groups in total. The molecule has 2 aliphatic rings. The highest BCUT2D eigenvalue weighted by Gasteiger charge is 2.36. The minimum atomic E-state index is -4.07. The fourth-order valence-electron chi connectivity index (χ4n) is 5.07. The number of benzene rings is 2. The minimum absolute atomic E-state index is 0.00905. The van der Waals surface area contributed by atoms with Crippen molar-refractivity contribution in [3.8, 4) is 0 Å². The molecule has 3 atom stereocenters. The Kier molecular flexibility index (Phi) is 8.30. The number of nitrogens with zero attached hydrogens (tertiary/aromatic N) is 2. The topological polar surface area (TPSA) is 169 Å². The Balaban J connectivity index is 1.38. The van der Waals surface area contributed by atoms with Gasteiger partial charge in [0.25, 0.3) is 0 Å². The molecule has 0 radical (unpaired) electrons. The van der Waals surface area contributed by atoms with Gasteiger partial charge in [-0.2, -0.15) is 4.72 Å². The van der Waals surface area contributed by atoms with Crippen molar-refractivity contribution in [2.24, 2.45) is 11.7 Å². The van der Waals surface area contributed by atoms with Crippen LogP contribution in [-0.4, -0.2) is 86.0 Å². The molecule has 0 aromatic heterocycles. The number of nitrogens with two attached hydrogens (primary N) is 1. The monoisotopic (exact) mass is 530 g/mol. The van der Waals surface area contributed by atoms with E-state index < -0.39 is 28.6 Å². The highest BCUT2D eigenvalue weighted by Crippen LogP contribution is 2.22. The Morgan fingerprint density at radius 3 is 2.57 bits per heavy atom. The molecule has 2 heterocycles. The van der Waals surface area contributed by atoms with E-state index in [0.717, 1.165) is 17.2 Å². The van der Waals surface area contributed by atoms with Crippen molar-refractivity contribution < 1.29 is 23.1 Å². The summed E-state index contributed by atoms with van der Waals surface area (Å²) in [5, 5.41) is 22.1. The summed E-state index contributed by atoms with van der Waals surface area (Å²) in [5.41, 5.74) is 5.57. The molecule has 0 spiro atoms. The van der Waals surface area contributed by atoms with Crippen LogP contribution in [0.3, 0.4) is 0 Å². The zero-order valence-electron chi connectivity index (χ0n) is 20.6. The van der Waals surface area contributed by atoms with Crippen LogP contribution in [0.5, 0.6) is 0 Å². The summed E-state index contributed by atoms with van der Waals surface area (Å²) < 4.78 is 28.4. The van der Waals surface area contributed by atoms with Crippen molar-refractivity contribution in [3.63, 3.8) is 0 Å². The summed E-state index contributed by atoms with van der Waals surface area (Å²) in [7, 11) is -4.07. The molecule has 0 bridgehead atoms. The maximum Gasteiger partial charge on any atom is 0.243 e. The number of fused-ring (bicyclic) bond motifs is 1. The van der Waals surface area contributed by atoms with Crippen molar-refractivity contribution in [2.45, 2.75) is 42.7 Å². The molecule has 2 fully saturated rings. The number of carbonyl (C=O) groups excluding carboxylic acids is 2. The third kappa shape index (κ3) is 6.20. The molecule has 2 amide bonds. The number of rotatable bonds is 8. The average molecular weight is 531 g/mol. The normalized spacial score (nSPS) is 21.1. The molecule has 2 aromatic carbocycles. The smallest absolute Gasteiger partial charge is 0.243 e. The van der Waals surface area contributed by atoms with Gasteiger partial charge in [-0.25, -0.2) is 8.42 Å². The maximum atomic E-state index is 13.3. The second kappa shape index (κ2) is 11.4. The van der Waals surface area contributed by atoms with Gasteiger partial charge in [-0.3, -0.25) is 15.0 Å². The first-order valence-electron chi connectivity index (χ1n) is 12.5. The molecule has 0 saturated carbocycles. The van der Waals surface area contributed by atoms with E-state index in [4.69, 9.17) is 11.1 Å². The van der Waals surface area contributed by atoms with Gasteiger partial charge in [0.2, 0.25) is 21.8 Å². The molecule has 2 aliphatic heterocycles. The zero-order chi connectivity index (χ0) is 26.6. The number of aliphatic hydroxyl groups excluding tert-OH is 1. The van der Waals surface area contributed by atoms with Crippen LogP contribution in [0.15, 0.2) is 47.4 Å². The van der Waals surface area contributed by atoms with Crippen LogP contribution in [0, 0.1) is 11.3 Å². The van der Waals surface area contributed by atoms with Gasteiger partial charge in [0.15, 0.2) is 5.96 Å². The van der Waals surface area contributed by atoms with Crippen LogP contribution in [-0.2, 0) is 19.6 Å². The second-order valence-electron chi connectivity index (χ2n) is 9.61. The molecule has 2 aromatic rings. The highest BCUT2D eigenvalue weighted by molar-refractivity contribution is 7.89. The standard InChI is InChI=1S/C25H34N6O5S/c26-25(27)30-11-3-7-19(15-30)23(33)28-14-20-8-4-12-31(20)24(34)22(16-32)29-37(35,36)21-10-9-17-5-1-2-6-18(17)13-21/h1-2,5-6,9-10,13,19-20,22,29,32H,3-4,7-8,11-12,14-16H2,(H3,26,27)(H,28,33)/t19-,20+,22-/m0/s1. The summed E-state index contributed by atoms with van der Waals surface area (Å²) in [6.45, 7) is 0.995. The van der Waals surface area contributed by atoms with E-state index in [1.807, 2.05) is 18.2 Å². The Bertz CT molecular complexity index is 1270. The Morgan fingerprint density at radius 2 is 1.84 bits per heavy atom. The van der Waals surface area contributed by atoms with E-state index >= 15 is 0 Å². The van der Waals surface area contributed by atoms with Crippen LogP contribution >= 0.6 is 0 Å². The molecule has 37 heavy (non-hydrogen) atoms. The van der Waals surface area contributed by atoms with Gasteiger partial charge < -0.3 is 26.0 Å². The van der Waals surface area contributed by atoms with E-state index in [1.165, 1.54) is 17.0 Å². The molecule has 4 rings (SSSR count). The highest BCUT2D eigenvalue weighted by atomic mass is 32.2. The number of hydrogen-bond acceptors (Lipinski definition) is 6. The first kappa shape index (κ1) is 26.8. The minimum Gasteiger partial charge on any atom is -0.394 e. The van der Waals surface area contributed by atoms with Crippen molar-refractivity contribution >= 4 is 38.6 Å². The lowest BCUT2D eigenvalue weighted by molar-refractivity contribution is -0.135. The van der Waals surface area contributed by atoms with Crippen LogP contribution in [0.1, 0.15) is 25.7 Å². The number of carbonyl (C=O) groups is 2. The van der Waals surface area contributed by atoms with Crippen LogP contribution in [0.2, 0.25) is 0 Å². The molecular formula is C25H34N6O5S. The fourth-order valence-corrected chi connectivity index (χ4v) is 6.28. The number of amides is 2. The number of guanidine groups is 1. The van der Waals surface area contributed by atoms with E-state index in [0.29, 0.717) is 38.9 Å². The lowest BCUT2D eigenvalue weighted by atomic mass is 9.97. The fraction of sp³-hybridized carbons (Fsp3) is 0.480. The first-order chi connectivity index (χ1) is 17.7. The molecule has 200 valence electrons. The third-order valence-electron chi connectivity index (χ3n) is 7.11. The van der Waals surface area contributed by atoms with Gasteiger partial charge in [-0.05, 0) is 48.6 Å². The van der Waals surface area contributed by atoms with Gasteiger partial charge in [-0.1, -0.05) is 30.3 Å². The molecule has 2 saturated heterocycles. The van der Waals surface area contributed by atoms with Gasteiger partial charge in [0.1, 0.15) is 6.04 Å². The van der Waals surface area contributed by atoms with E-state index in [-0.39, 0.29) is 35.3 Å². The lowest BCUT2D eigenvalue weighted by Gasteiger charge is -2.33. The predicted molar refractivity (Wildman–Crippen MR) is 139 cm³/mol. The Labute approximate surface area is 216 Å². The SMILES string of the molecule is N=C(N)N1CCC[C@H](C(=O)NC[C@H]2CCCN2C(=O)[C@H](CO)NS(=O)(=O)c2ccc3ccccc3c2)C1. The van der Waals surface area contributed by atoms with Crippen LogP contribution < -0.4 is 15.8 Å². The number of nitrogens with one attached hydrogen (secondary N) is 3. The lowest BCUT2D eigenvalue weighted by Crippen LogP contribution is -2.54. The van der Waals surface area contributed by atoms with E-state index in [2.05, 4.69) is 10.0 Å². The summed E-state index contributed by atoms with van der Waals surface area (Å²) in [4.78, 5) is 29.2. The summed E-state index contributed by atoms with van der Waals surface area (Å²) in [6.07, 6.45) is 2.84. The van der Waals surface area contributed by atoms with Gasteiger partial charge in [0, 0.05) is 32.2 Å². The number of likely N-dealkylation sites (tertiary alicyclic amines) is 2. The van der Waals surface area contributed by atoms with Crippen LogP contribution in [0.4, 0.5) is 0 Å².